The van der Waals surface area contributed by atoms with E-state index in [1.54, 1.807) is 6.26 Å². The van der Waals surface area contributed by atoms with Crippen molar-refractivity contribution in [2.75, 3.05) is 39.3 Å². The molecule has 1 aliphatic rings. The molecule has 2 rings (SSSR count). The number of halogens is 3. The summed E-state index contributed by atoms with van der Waals surface area (Å²) in [6.45, 7) is 6.32. The zero-order chi connectivity index (χ0) is 17.6. The van der Waals surface area contributed by atoms with Gasteiger partial charge in [-0.3, -0.25) is 9.89 Å². The first kappa shape index (κ1) is 18.6. The fourth-order valence-electron chi connectivity index (χ4n) is 2.68. The Morgan fingerprint density at radius 1 is 1.33 bits per heavy atom. The van der Waals surface area contributed by atoms with Crippen molar-refractivity contribution in [2.45, 2.75) is 32.5 Å². The zero-order valence-electron chi connectivity index (χ0n) is 14.1. The molecule has 1 saturated heterocycles. The second-order valence-corrected chi connectivity index (χ2v) is 5.81. The summed E-state index contributed by atoms with van der Waals surface area (Å²) < 4.78 is 43.7. The molecular weight excluding hydrogens is 321 g/mol. The first-order chi connectivity index (χ1) is 11.4. The normalized spacial score (nSPS) is 18.7. The van der Waals surface area contributed by atoms with Gasteiger partial charge in [0.2, 0.25) is 0 Å². The Morgan fingerprint density at radius 2 is 2.04 bits per heavy atom. The van der Waals surface area contributed by atoms with E-state index in [4.69, 9.17) is 4.42 Å². The van der Waals surface area contributed by atoms with Crippen molar-refractivity contribution in [1.29, 1.82) is 0 Å². The van der Waals surface area contributed by atoms with Gasteiger partial charge in [0.05, 0.1) is 6.26 Å². The predicted molar refractivity (Wildman–Crippen MR) is 87.1 cm³/mol. The van der Waals surface area contributed by atoms with Gasteiger partial charge in [0.15, 0.2) is 5.96 Å². The molecule has 1 aromatic rings. The second-order valence-electron chi connectivity index (χ2n) is 5.81. The lowest BCUT2D eigenvalue weighted by molar-refractivity contribution is -0.181. The largest absolute Gasteiger partial charge is 0.469 e. The first-order valence-corrected chi connectivity index (χ1v) is 8.28. The maximum absolute atomic E-state index is 12.8. The number of piperazine rings is 1. The number of alkyl halides is 3. The number of nitrogens with zero attached hydrogens (tertiary/aromatic N) is 3. The van der Waals surface area contributed by atoms with Crippen molar-refractivity contribution in [3.63, 3.8) is 0 Å². The van der Waals surface area contributed by atoms with Gasteiger partial charge in [-0.2, -0.15) is 13.2 Å². The Hall–Kier alpha value is -1.70. The Morgan fingerprint density at radius 3 is 2.58 bits per heavy atom. The minimum Gasteiger partial charge on any atom is -0.469 e. The zero-order valence-corrected chi connectivity index (χ0v) is 14.1. The molecule has 5 nitrogen and oxygen atoms in total. The topological polar surface area (TPSA) is 44.0 Å². The van der Waals surface area contributed by atoms with Crippen LogP contribution in [-0.4, -0.2) is 67.2 Å². The first-order valence-electron chi connectivity index (χ1n) is 8.28. The summed E-state index contributed by atoms with van der Waals surface area (Å²) in [6.07, 6.45) is -1.85. The Bertz CT molecular complexity index is 508. The molecule has 2 heterocycles. The van der Waals surface area contributed by atoms with Gasteiger partial charge in [-0.05, 0) is 26.0 Å². The third kappa shape index (κ3) is 5.15. The molecule has 0 bridgehead atoms. The molecule has 24 heavy (non-hydrogen) atoms. The van der Waals surface area contributed by atoms with Gasteiger partial charge < -0.3 is 14.6 Å². The maximum atomic E-state index is 12.8. The number of hydrogen-bond acceptors (Lipinski definition) is 3. The van der Waals surface area contributed by atoms with Gasteiger partial charge in [-0.15, -0.1) is 0 Å². The molecule has 0 spiro atoms. The van der Waals surface area contributed by atoms with E-state index in [9.17, 15) is 13.2 Å². The second kappa shape index (κ2) is 8.41. The highest BCUT2D eigenvalue weighted by Crippen LogP contribution is 2.25. The smallest absolute Gasteiger partial charge is 0.403 e. The van der Waals surface area contributed by atoms with Crippen molar-refractivity contribution in [1.82, 2.24) is 15.1 Å². The third-order valence-electron chi connectivity index (χ3n) is 4.17. The molecule has 1 N–H and O–H groups in total. The highest BCUT2D eigenvalue weighted by Gasteiger charge is 2.41. The van der Waals surface area contributed by atoms with Crippen molar-refractivity contribution in [3.8, 4) is 0 Å². The monoisotopic (exact) mass is 346 g/mol. The summed E-state index contributed by atoms with van der Waals surface area (Å²) in [5.41, 5.74) is 0. The number of rotatable bonds is 5. The molecule has 1 atom stereocenters. The Balaban J connectivity index is 1.88. The molecule has 0 aromatic carbocycles. The minimum absolute atomic E-state index is 0.378. The number of aliphatic imine (C=N–C) groups is 1. The molecule has 136 valence electrons. The predicted octanol–water partition coefficient (Wildman–Crippen LogP) is 2.36. The van der Waals surface area contributed by atoms with Crippen LogP contribution in [0.3, 0.4) is 0 Å². The molecule has 8 heteroatoms. The van der Waals surface area contributed by atoms with Crippen LogP contribution in [0.15, 0.2) is 27.8 Å². The molecular formula is C16H25F3N4O. The standard InChI is InChI=1S/C16H25F3N4O/c1-3-20-15(21-7-6-14-5-4-12-24-14)23-10-8-22(9-11-23)13(2)16(17,18)19/h4-5,12-13H,3,6-11H2,1-2H3,(H,20,21). The summed E-state index contributed by atoms with van der Waals surface area (Å²) >= 11 is 0. The fourth-order valence-corrected chi connectivity index (χ4v) is 2.68. The van der Waals surface area contributed by atoms with Crippen LogP contribution in [0, 0.1) is 0 Å². The van der Waals surface area contributed by atoms with Gasteiger partial charge in [-0.25, -0.2) is 0 Å². The summed E-state index contributed by atoms with van der Waals surface area (Å²) in [7, 11) is 0. The Kier molecular flexibility index (Phi) is 6.53. The highest BCUT2D eigenvalue weighted by molar-refractivity contribution is 5.80. The van der Waals surface area contributed by atoms with E-state index in [2.05, 4.69) is 10.3 Å². The van der Waals surface area contributed by atoms with Crippen LogP contribution in [0.25, 0.3) is 0 Å². The lowest BCUT2D eigenvalue weighted by Gasteiger charge is -2.39. The van der Waals surface area contributed by atoms with E-state index in [-0.39, 0.29) is 0 Å². The average molecular weight is 346 g/mol. The fraction of sp³-hybridized carbons (Fsp3) is 0.688. The van der Waals surface area contributed by atoms with E-state index in [1.807, 2.05) is 24.0 Å². The molecule has 1 aromatic heterocycles. The summed E-state index contributed by atoms with van der Waals surface area (Å²) in [4.78, 5) is 8.06. The van der Waals surface area contributed by atoms with E-state index in [0.717, 1.165) is 18.3 Å². The summed E-state index contributed by atoms with van der Waals surface area (Å²) in [5, 5.41) is 3.21. The third-order valence-corrected chi connectivity index (χ3v) is 4.17. The number of guanidine groups is 1. The lowest BCUT2D eigenvalue weighted by Crippen LogP contribution is -2.56. The van der Waals surface area contributed by atoms with Crippen LogP contribution in [0.1, 0.15) is 19.6 Å². The SMILES string of the molecule is CCNC(=NCCc1ccco1)N1CCN(C(C)C(F)(F)F)CC1. The molecule has 0 saturated carbocycles. The summed E-state index contributed by atoms with van der Waals surface area (Å²) in [5.74, 6) is 1.63. The summed E-state index contributed by atoms with van der Waals surface area (Å²) in [6, 6.07) is 2.34. The molecule has 1 aliphatic heterocycles. The number of furan rings is 1. The number of hydrogen-bond donors (Lipinski definition) is 1. The van der Waals surface area contributed by atoms with Crippen LogP contribution in [0.4, 0.5) is 13.2 Å². The van der Waals surface area contributed by atoms with Crippen LogP contribution >= 0.6 is 0 Å². The van der Waals surface area contributed by atoms with Gasteiger partial charge in [0, 0.05) is 45.7 Å². The van der Waals surface area contributed by atoms with Crippen LogP contribution in [0.5, 0.6) is 0 Å². The van der Waals surface area contributed by atoms with Crippen molar-refractivity contribution in [3.05, 3.63) is 24.2 Å². The molecule has 0 radical (unpaired) electrons. The molecule has 0 amide bonds. The van der Waals surface area contributed by atoms with E-state index in [1.165, 1.54) is 11.8 Å². The van der Waals surface area contributed by atoms with E-state index < -0.39 is 12.2 Å². The highest BCUT2D eigenvalue weighted by atomic mass is 19.4. The maximum Gasteiger partial charge on any atom is 0.403 e. The Labute approximate surface area is 140 Å². The van der Waals surface area contributed by atoms with Crippen molar-refractivity contribution < 1.29 is 17.6 Å². The average Bonchev–Trinajstić information content (AvgIpc) is 3.06. The van der Waals surface area contributed by atoms with Crippen LogP contribution in [-0.2, 0) is 6.42 Å². The minimum atomic E-state index is -4.18. The van der Waals surface area contributed by atoms with Gasteiger partial charge in [-0.1, -0.05) is 0 Å². The van der Waals surface area contributed by atoms with Crippen molar-refractivity contribution in [2.24, 2.45) is 4.99 Å². The van der Waals surface area contributed by atoms with Gasteiger partial charge >= 0.3 is 6.18 Å². The van der Waals surface area contributed by atoms with Crippen molar-refractivity contribution >= 4 is 5.96 Å². The van der Waals surface area contributed by atoms with E-state index >= 15 is 0 Å². The number of nitrogens with one attached hydrogen (secondary N) is 1. The molecule has 1 unspecified atom stereocenters. The lowest BCUT2D eigenvalue weighted by atomic mass is 10.2. The van der Waals surface area contributed by atoms with Crippen LogP contribution < -0.4 is 5.32 Å². The van der Waals surface area contributed by atoms with Gasteiger partial charge in [0.25, 0.3) is 0 Å². The molecule has 1 fully saturated rings. The molecule has 0 aliphatic carbocycles. The quantitative estimate of drug-likeness (QED) is 0.657. The van der Waals surface area contributed by atoms with E-state index in [0.29, 0.717) is 39.1 Å². The van der Waals surface area contributed by atoms with Gasteiger partial charge in [0.1, 0.15) is 11.8 Å². The van der Waals surface area contributed by atoms with Crippen LogP contribution in [0.2, 0.25) is 0 Å².